The van der Waals surface area contributed by atoms with Gasteiger partial charge in [0.25, 0.3) is 0 Å². The minimum Gasteiger partial charge on any atom is -0.394 e. The van der Waals surface area contributed by atoms with Crippen LogP contribution in [-0.2, 0) is 100 Å². The van der Waals surface area contributed by atoms with Gasteiger partial charge in [0.05, 0.1) is 79.3 Å². The van der Waals surface area contributed by atoms with Crippen LogP contribution in [0.5, 0.6) is 0 Å². The molecule has 3 fully saturated rings. The number of nitrogens with one attached hydrogen (secondary N) is 11. The number of hydrogen-bond donors (Lipinski definition) is 21. The minimum atomic E-state index is -1.46. The molecule has 3 aliphatic heterocycles. The molecule has 42 heteroatoms. The Morgan fingerprint density at radius 3 is 0.824 bits per heavy atom. The van der Waals surface area contributed by atoms with Crippen molar-refractivity contribution in [3.05, 3.63) is 0 Å². The van der Waals surface area contributed by atoms with Crippen molar-refractivity contribution >= 4 is 65.0 Å². The van der Waals surface area contributed by atoms with Gasteiger partial charge in [-0.3, -0.25) is 52.7 Å². The van der Waals surface area contributed by atoms with Crippen LogP contribution in [0.2, 0.25) is 0 Å². The second-order valence-corrected chi connectivity index (χ2v) is 29.7. The van der Waals surface area contributed by atoms with Crippen molar-refractivity contribution < 1.29 is 151 Å². The molecule has 0 aromatic rings. The zero-order valence-electron chi connectivity index (χ0n) is 69.4. The van der Waals surface area contributed by atoms with Crippen LogP contribution in [0.15, 0.2) is 0 Å². The quantitative estimate of drug-likeness (QED) is 0.0252. The van der Waals surface area contributed by atoms with Gasteiger partial charge in [-0.25, -0.2) is 0 Å². The molecule has 11 amide bonds. The first kappa shape index (κ1) is 107. The number of carbonyl (C=O) groups excluding carboxylic acids is 11. The summed E-state index contributed by atoms with van der Waals surface area (Å²) >= 11 is 0. The van der Waals surface area contributed by atoms with Gasteiger partial charge >= 0.3 is 0 Å². The lowest BCUT2D eigenvalue weighted by Gasteiger charge is -2.42. The first-order valence-electron chi connectivity index (χ1n) is 41.8. The van der Waals surface area contributed by atoms with E-state index < -0.39 is 135 Å². The van der Waals surface area contributed by atoms with Gasteiger partial charge in [-0.15, -0.1) is 0 Å². The average molecular weight is 1720 g/mol. The first-order chi connectivity index (χ1) is 57.2. The van der Waals surface area contributed by atoms with Gasteiger partial charge in [0.1, 0.15) is 78.6 Å². The molecule has 0 radical (unpaired) electrons. The number of carbonyl (C=O) groups is 11. The monoisotopic (exact) mass is 1710 g/mol. The predicted molar refractivity (Wildman–Crippen MR) is 422 cm³/mol. The van der Waals surface area contributed by atoms with E-state index in [2.05, 4.69) is 58.5 Å². The number of aliphatic hydroxyl groups excluding tert-OH is 10. The highest BCUT2D eigenvalue weighted by Gasteiger charge is 2.48. The molecule has 119 heavy (non-hydrogen) atoms. The van der Waals surface area contributed by atoms with Crippen LogP contribution < -0.4 is 58.5 Å². The lowest BCUT2D eigenvalue weighted by Crippen LogP contribution is -2.64. The zero-order valence-corrected chi connectivity index (χ0v) is 69.4. The van der Waals surface area contributed by atoms with Gasteiger partial charge in [-0.2, -0.15) is 0 Å². The van der Waals surface area contributed by atoms with E-state index in [0.717, 1.165) is 44.9 Å². The summed E-state index contributed by atoms with van der Waals surface area (Å²) in [5.74, 6) is -3.81. The lowest BCUT2D eigenvalue weighted by molar-refractivity contribution is -0.270. The molecule has 42 nitrogen and oxygen atoms in total. The molecule has 0 spiro atoms. The van der Waals surface area contributed by atoms with E-state index in [1.165, 1.54) is 20.8 Å². The molecule has 3 aliphatic rings. The summed E-state index contributed by atoms with van der Waals surface area (Å²) in [6.07, 6.45) is -5.05. The molecule has 0 aliphatic carbocycles. The Morgan fingerprint density at radius 1 is 0.286 bits per heavy atom. The molecular formula is C77H139N11O31. The van der Waals surface area contributed by atoms with Crippen molar-refractivity contribution in [2.45, 2.75) is 279 Å². The summed E-state index contributed by atoms with van der Waals surface area (Å²) < 4.78 is 57.4. The lowest BCUT2D eigenvalue weighted by atomic mass is 9.97. The van der Waals surface area contributed by atoms with Gasteiger partial charge in [0.2, 0.25) is 65.0 Å². The van der Waals surface area contributed by atoms with Crippen LogP contribution in [-0.4, -0.2) is 358 Å². The number of unbranched alkanes of at least 4 members (excludes halogenated alkanes) is 10. The number of rotatable bonds is 68. The standard InChI is InChI=1S/C77H139N11O31/c1-51(93)85-65-71(107)68(104)54(45-90)117-74(65)114-37-15-12-22-57(96)78-29-18-32-81-61(100)26-40-111-48-77(88-64(103)25-11-9-7-5-4-6-8-10-21-60(99)84-35-43-110-44-36-89,49-112-41-27-62(101)82-33-19-30-79-58(97)23-13-16-38-115-75-66(86-52(2)94)72(108)69(105)55(46-91)118-75)50-113-42-28-63(102)83-34-20-31-80-59(98)24-14-17-39-116-76-67(87-53(3)95)73(109)70(106)56(47-92)119-76/h54-56,65-76,89-92,104-109H,4-50H2,1-3H3,(H,78,96)(H,79,97)(H,80,98)(H,81,100)(H,82,101)(H,83,102)(H,84,99)(H,85,93)(H,86,94)(H,87,95)(H,88,103)/t54-,55-,56-,65-,66-,67-,68+,69+,70+,71-,72-,73-,74-,75-,76-/m1/s1. The highest BCUT2D eigenvalue weighted by atomic mass is 16.7. The number of amides is 11. The van der Waals surface area contributed by atoms with Crippen molar-refractivity contribution in [1.82, 2.24) is 58.5 Å². The van der Waals surface area contributed by atoms with Crippen LogP contribution in [0.3, 0.4) is 0 Å². The number of aliphatic hydroxyl groups is 10. The largest absolute Gasteiger partial charge is 0.394 e. The fourth-order valence-electron chi connectivity index (χ4n) is 12.8. The maximum absolute atomic E-state index is 14.0. The maximum atomic E-state index is 14.0. The Labute approximate surface area is 695 Å². The van der Waals surface area contributed by atoms with Crippen LogP contribution in [0.25, 0.3) is 0 Å². The summed E-state index contributed by atoms with van der Waals surface area (Å²) in [6, 6.07) is -3.30. The van der Waals surface area contributed by atoms with E-state index in [4.69, 9.17) is 52.5 Å². The van der Waals surface area contributed by atoms with E-state index in [9.17, 15) is 98.7 Å². The van der Waals surface area contributed by atoms with Gasteiger partial charge in [0.15, 0.2) is 18.9 Å². The Balaban J connectivity index is 1.58. The Morgan fingerprint density at radius 2 is 0.546 bits per heavy atom. The van der Waals surface area contributed by atoms with Crippen molar-refractivity contribution in [3.8, 4) is 0 Å². The maximum Gasteiger partial charge on any atom is 0.222 e. The molecule has 0 aromatic heterocycles. The first-order valence-corrected chi connectivity index (χ1v) is 41.8. The summed E-state index contributed by atoms with van der Waals surface area (Å²) in [5, 5.41) is 130. The average Bonchev–Trinajstić information content (AvgIpc) is 0.817. The smallest absolute Gasteiger partial charge is 0.222 e. The molecule has 0 aromatic carbocycles. The van der Waals surface area contributed by atoms with E-state index in [-0.39, 0.29) is 204 Å². The minimum absolute atomic E-state index is 0.0599. The third-order valence-electron chi connectivity index (χ3n) is 19.3. The van der Waals surface area contributed by atoms with Crippen LogP contribution in [0.1, 0.15) is 181 Å². The summed E-state index contributed by atoms with van der Waals surface area (Å²) in [6.45, 7) is 3.12. The third-order valence-corrected chi connectivity index (χ3v) is 19.3. The summed E-state index contributed by atoms with van der Waals surface area (Å²) in [4.78, 5) is 139. The van der Waals surface area contributed by atoms with Crippen molar-refractivity contribution in [3.63, 3.8) is 0 Å². The fraction of sp³-hybridized carbons (Fsp3) is 0.857. The van der Waals surface area contributed by atoms with Gasteiger partial charge in [-0.1, -0.05) is 38.5 Å². The number of ether oxygens (including phenoxy) is 10. The third kappa shape index (κ3) is 47.0. The second-order valence-electron chi connectivity index (χ2n) is 29.7. The highest BCUT2D eigenvalue weighted by Crippen LogP contribution is 2.26. The fourth-order valence-corrected chi connectivity index (χ4v) is 12.8. The van der Waals surface area contributed by atoms with E-state index in [0.29, 0.717) is 83.8 Å². The topological polar surface area (TPSA) is 615 Å². The molecule has 0 saturated carbocycles. The van der Waals surface area contributed by atoms with Crippen molar-refractivity contribution in [1.29, 1.82) is 0 Å². The van der Waals surface area contributed by atoms with Gasteiger partial charge in [-0.05, 0) is 70.6 Å². The Bertz CT molecular complexity index is 2640. The van der Waals surface area contributed by atoms with E-state index >= 15 is 0 Å². The molecule has 3 heterocycles. The van der Waals surface area contributed by atoms with Crippen molar-refractivity contribution in [2.24, 2.45) is 0 Å². The van der Waals surface area contributed by atoms with Crippen molar-refractivity contribution in [2.75, 3.05) is 145 Å². The molecule has 0 bridgehead atoms. The Kier molecular flexibility index (Phi) is 57.5. The zero-order chi connectivity index (χ0) is 87.6. The molecule has 21 N–H and O–H groups in total. The molecular weight excluding hydrogens is 1570 g/mol. The van der Waals surface area contributed by atoms with Crippen LogP contribution >= 0.6 is 0 Å². The van der Waals surface area contributed by atoms with E-state index in [1.807, 2.05) is 0 Å². The second kappa shape index (κ2) is 64.2. The molecule has 3 saturated heterocycles. The molecule has 0 unspecified atom stereocenters. The molecule has 3 rings (SSSR count). The molecule has 15 atom stereocenters. The predicted octanol–water partition coefficient (Wildman–Crippen LogP) is -5.65. The SMILES string of the molecule is CC(=O)N[C@H]1[C@H](OCCCCC(=O)NCCCNC(=O)CCOCC(COCCC(=O)NCCCNC(=O)CCCCO[C@@H]2O[C@H](CO)[C@H](O)[C@H](O)[C@H]2NC(C)=O)(COCCC(=O)NCCCNC(=O)CCCCO[C@@H]2O[C@H](CO)[C@H](O)[C@H](O)[C@H]2NC(C)=O)NC(=O)CCCCCCCCCCC(=O)NCCOCCO)O[C@H](CO)[C@H](O)[C@@H]1O. The Hall–Kier alpha value is -6.63. The highest BCUT2D eigenvalue weighted by molar-refractivity contribution is 5.79. The normalized spacial score (nSPS) is 23.0. The molecule has 688 valence electrons. The number of hydrogen-bond acceptors (Lipinski definition) is 31. The van der Waals surface area contributed by atoms with E-state index in [1.54, 1.807) is 0 Å². The van der Waals surface area contributed by atoms with Crippen LogP contribution in [0, 0.1) is 0 Å². The van der Waals surface area contributed by atoms with Crippen LogP contribution in [0.4, 0.5) is 0 Å². The summed E-state index contributed by atoms with van der Waals surface area (Å²) in [7, 11) is 0. The van der Waals surface area contributed by atoms with Gasteiger partial charge in [0, 0.05) is 138 Å². The van der Waals surface area contributed by atoms with Gasteiger partial charge < -0.3 is 157 Å². The summed E-state index contributed by atoms with van der Waals surface area (Å²) in [5.41, 5.74) is -1.43.